The molecule has 2 N–H and O–H groups in total. The van der Waals surface area contributed by atoms with Crippen molar-refractivity contribution < 1.29 is 13.9 Å². The van der Waals surface area contributed by atoms with Crippen LogP contribution in [0.3, 0.4) is 0 Å². The summed E-state index contributed by atoms with van der Waals surface area (Å²) in [5.74, 6) is 0.356. The van der Waals surface area contributed by atoms with Gasteiger partial charge in [0.25, 0.3) is 5.91 Å². The van der Waals surface area contributed by atoms with Crippen LogP contribution in [0.1, 0.15) is 23.0 Å². The maximum atomic E-state index is 13.7. The van der Waals surface area contributed by atoms with Gasteiger partial charge in [-0.05, 0) is 25.1 Å². The van der Waals surface area contributed by atoms with E-state index in [-0.39, 0.29) is 18.1 Å². The minimum absolute atomic E-state index is 0.0748. The van der Waals surface area contributed by atoms with Crippen molar-refractivity contribution in [2.75, 3.05) is 11.9 Å². The molecule has 1 heterocycles. The maximum absolute atomic E-state index is 13.7. The first-order valence-corrected chi connectivity index (χ1v) is 8.50. The first-order chi connectivity index (χ1) is 13.2. The quantitative estimate of drug-likeness (QED) is 0.667. The van der Waals surface area contributed by atoms with Gasteiger partial charge in [-0.1, -0.05) is 30.3 Å². The summed E-state index contributed by atoms with van der Waals surface area (Å²) in [5.41, 5.74) is 1.32. The van der Waals surface area contributed by atoms with Crippen LogP contribution in [-0.4, -0.2) is 22.5 Å². The fourth-order valence-corrected chi connectivity index (χ4v) is 2.45. The Morgan fingerprint density at radius 2 is 1.89 bits per heavy atom. The van der Waals surface area contributed by atoms with Gasteiger partial charge in [0, 0.05) is 18.2 Å². The molecule has 3 rings (SSSR count). The summed E-state index contributed by atoms with van der Waals surface area (Å²) in [7, 11) is 0. The molecule has 6 nitrogen and oxygen atoms in total. The normalized spacial score (nSPS) is 10.3. The molecule has 0 aliphatic rings. The highest BCUT2D eigenvalue weighted by atomic mass is 19.1. The molecule has 0 atom stereocenters. The fourth-order valence-electron chi connectivity index (χ4n) is 2.45. The highest BCUT2D eigenvalue weighted by Crippen LogP contribution is 2.26. The molecule has 0 bridgehead atoms. The summed E-state index contributed by atoms with van der Waals surface area (Å²) in [6.07, 6.45) is 1.30. The van der Waals surface area contributed by atoms with Crippen molar-refractivity contribution >= 4 is 17.4 Å². The minimum atomic E-state index is -0.415. The summed E-state index contributed by atoms with van der Waals surface area (Å²) in [6.45, 7) is 2.51. The van der Waals surface area contributed by atoms with E-state index in [1.165, 1.54) is 18.5 Å². The Morgan fingerprint density at radius 1 is 1.11 bits per heavy atom. The number of benzene rings is 2. The molecule has 27 heavy (non-hydrogen) atoms. The van der Waals surface area contributed by atoms with E-state index in [9.17, 15) is 9.18 Å². The van der Waals surface area contributed by atoms with E-state index < -0.39 is 5.91 Å². The third-order valence-electron chi connectivity index (χ3n) is 3.75. The summed E-state index contributed by atoms with van der Waals surface area (Å²) >= 11 is 0. The van der Waals surface area contributed by atoms with E-state index in [1.54, 1.807) is 18.2 Å². The number of para-hydroxylation sites is 2. The molecule has 3 aromatic rings. The number of anilines is 2. The number of rotatable bonds is 7. The molecule has 0 fully saturated rings. The number of nitrogens with zero attached hydrogens (tertiary/aromatic N) is 2. The van der Waals surface area contributed by atoms with Crippen LogP contribution in [0.4, 0.5) is 15.9 Å². The van der Waals surface area contributed by atoms with Crippen molar-refractivity contribution in [1.29, 1.82) is 0 Å². The molecule has 7 heteroatoms. The molecule has 1 amide bonds. The van der Waals surface area contributed by atoms with Crippen LogP contribution in [-0.2, 0) is 6.54 Å². The molecule has 1 aromatic heterocycles. The molecule has 2 aromatic carbocycles. The zero-order valence-corrected chi connectivity index (χ0v) is 14.8. The summed E-state index contributed by atoms with van der Waals surface area (Å²) in [6, 6.07) is 15.2. The van der Waals surface area contributed by atoms with Crippen LogP contribution >= 0.6 is 0 Å². The number of hydrogen-bond acceptors (Lipinski definition) is 5. The first-order valence-electron chi connectivity index (χ1n) is 8.50. The molecule has 0 aliphatic heterocycles. The van der Waals surface area contributed by atoms with E-state index in [0.29, 0.717) is 23.7 Å². The first kappa shape index (κ1) is 18.3. The van der Waals surface area contributed by atoms with Gasteiger partial charge in [-0.2, -0.15) is 0 Å². The van der Waals surface area contributed by atoms with Gasteiger partial charge in [0.15, 0.2) is 0 Å². The predicted octanol–water partition coefficient (Wildman–Crippen LogP) is 3.69. The Balaban J connectivity index is 1.70. The average molecular weight is 366 g/mol. The second kappa shape index (κ2) is 8.75. The number of carbonyl (C=O) groups excluding carboxylic acids is 1. The van der Waals surface area contributed by atoms with Gasteiger partial charge >= 0.3 is 0 Å². The lowest BCUT2D eigenvalue weighted by Gasteiger charge is -2.12. The predicted molar refractivity (Wildman–Crippen MR) is 100 cm³/mol. The van der Waals surface area contributed by atoms with Gasteiger partial charge in [-0.25, -0.2) is 14.4 Å². The van der Waals surface area contributed by atoms with Gasteiger partial charge in [0.1, 0.15) is 29.4 Å². The molecule has 0 spiro atoms. The third kappa shape index (κ3) is 4.78. The van der Waals surface area contributed by atoms with Crippen molar-refractivity contribution in [2.24, 2.45) is 0 Å². The van der Waals surface area contributed by atoms with Crippen molar-refractivity contribution in [3.05, 3.63) is 78.0 Å². The molecule has 0 aliphatic carbocycles. The smallest absolute Gasteiger partial charge is 0.270 e. The Bertz CT molecular complexity index is 933. The van der Waals surface area contributed by atoms with E-state index in [4.69, 9.17) is 4.74 Å². The maximum Gasteiger partial charge on any atom is 0.270 e. The van der Waals surface area contributed by atoms with E-state index in [2.05, 4.69) is 20.6 Å². The largest absolute Gasteiger partial charge is 0.492 e. The van der Waals surface area contributed by atoms with Crippen LogP contribution in [0.15, 0.2) is 60.9 Å². The van der Waals surface area contributed by atoms with Crippen LogP contribution in [0.2, 0.25) is 0 Å². The zero-order valence-electron chi connectivity index (χ0n) is 14.8. The number of carbonyl (C=O) groups is 1. The van der Waals surface area contributed by atoms with Gasteiger partial charge in [0.05, 0.1) is 12.3 Å². The summed E-state index contributed by atoms with van der Waals surface area (Å²) in [5, 5.41) is 5.78. The van der Waals surface area contributed by atoms with Gasteiger partial charge in [0.2, 0.25) is 0 Å². The zero-order chi connectivity index (χ0) is 19.1. The Labute approximate surface area is 156 Å². The van der Waals surface area contributed by atoms with Crippen molar-refractivity contribution in [1.82, 2.24) is 15.3 Å². The highest BCUT2D eigenvalue weighted by molar-refractivity contribution is 5.93. The Kier molecular flexibility index (Phi) is 5.94. The molecule has 0 saturated carbocycles. The molecule has 138 valence electrons. The minimum Gasteiger partial charge on any atom is -0.492 e. The summed E-state index contributed by atoms with van der Waals surface area (Å²) < 4.78 is 19.2. The van der Waals surface area contributed by atoms with Gasteiger partial charge in [-0.3, -0.25) is 4.79 Å². The lowest BCUT2D eigenvalue weighted by atomic mass is 10.2. The lowest BCUT2D eigenvalue weighted by molar-refractivity contribution is 0.0945. The van der Waals surface area contributed by atoms with Crippen molar-refractivity contribution in [3.8, 4) is 5.75 Å². The number of halogens is 1. The molecule has 0 radical (unpaired) electrons. The molecule has 0 saturated heterocycles. The Hall–Kier alpha value is -3.48. The average Bonchev–Trinajstić information content (AvgIpc) is 2.69. The van der Waals surface area contributed by atoms with Gasteiger partial charge < -0.3 is 15.4 Å². The second-order valence-electron chi connectivity index (χ2n) is 5.62. The van der Waals surface area contributed by atoms with Gasteiger partial charge in [-0.15, -0.1) is 0 Å². The van der Waals surface area contributed by atoms with Crippen LogP contribution < -0.4 is 15.4 Å². The van der Waals surface area contributed by atoms with E-state index >= 15 is 0 Å². The number of aromatic nitrogens is 2. The van der Waals surface area contributed by atoms with Crippen molar-refractivity contribution in [2.45, 2.75) is 13.5 Å². The number of nitrogens with one attached hydrogen (secondary N) is 2. The van der Waals surface area contributed by atoms with Crippen molar-refractivity contribution in [3.63, 3.8) is 0 Å². The fraction of sp³-hybridized carbons (Fsp3) is 0.150. The number of amides is 1. The monoisotopic (exact) mass is 366 g/mol. The molecular weight excluding hydrogens is 347 g/mol. The molecule has 0 unspecified atom stereocenters. The van der Waals surface area contributed by atoms with E-state index in [0.717, 1.165) is 5.69 Å². The van der Waals surface area contributed by atoms with Crippen LogP contribution in [0.25, 0.3) is 0 Å². The topological polar surface area (TPSA) is 76.1 Å². The molecular formula is C20H19FN4O2. The van der Waals surface area contributed by atoms with Crippen LogP contribution in [0.5, 0.6) is 5.75 Å². The van der Waals surface area contributed by atoms with E-state index in [1.807, 2.05) is 31.2 Å². The lowest BCUT2D eigenvalue weighted by Crippen LogP contribution is -2.24. The second-order valence-corrected chi connectivity index (χ2v) is 5.62. The number of hydrogen-bond donors (Lipinski definition) is 2. The highest BCUT2D eigenvalue weighted by Gasteiger charge is 2.11. The standard InChI is InChI=1S/C20H19FN4O2/c1-2-27-18-10-6-5-9-16(18)25-19-11-17(23-13-24-19)20(26)22-12-14-7-3-4-8-15(14)21/h3-11,13H,2,12H2,1H3,(H,22,26)(H,23,24,25). The SMILES string of the molecule is CCOc1ccccc1Nc1cc(C(=O)NCc2ccccc2F)ncn1. The summed E-state index contributed by atoms with van der Waals surface area (Å²) in [4.78, 5) is 20.4. The third-order valence-corrected chi connectivity index (χ3v) is 3.75. The number of ether oxygens (including phenoxy) is 1. The van der Waals surface area contributed by atoms with Crippen LogP contribution in [0, 0.1) is 5.82 Å². The Morgan fingerprint density at radius 3 is 2.70 bits per heavy atom.